The Morgan fingerprint density at radius 2 is 1.73 bits per heavy atom. The summed E-state index contributed by atoms with van der Waals surface area (Å²) in [4.78, 5) is 9.26. The van der Waals surface area contributed by atoms with E-state index in [2.05, 4.69) is 66.2 Å². The van der Waals surface area contributed by atoms with Crippen LogP contribution in [0, 0.1) is 0 Å². The van der Waals surface area contributed by atoms with Crippen molar-refractivity contribution in [3.05, 3.63) is 95.4 Å². The first kappa shape index (κ1) is 19.8. The van der Waals surface area contributed by atoms with Gasteiger partial charge in [-0.1, -0.05) is 52.3 Å². The van der Waals surface area contributed by atoms with Gasteiger partial charge in [0, 0.05) is 28.5 Å². The van der Waals surface area contributed by atoms with E-state index in [9.17, 15) is 0 Å². The number of anilines is 1. The quantitative estimate of drug-likeness (QED) is 0.313. The van der Waals surface area contributed by atoms with Crippen molar-refractivity contribution in [2.24, 2.45) is 0 Å². The maximum absolute atomic E-state index is 5.52. The van der Waals surface area contributed by atoms with Crippen molar-refractivity contribution in [1.82, 2.24) is 14.5 Å². The number of rotatable bonds is 5. The summed E-state index contributed by atoms with van der Waals surface area (Å²) in [7, 11) is 0. The van der Waals surface area contributed by atoms with Crippen LogP contribution in [0.3, 0.4) is 0 Å². The van der Waals surface area contributed by atoms with Gasteiger partial charge < -0.3 is 19.4 Å². The highest BCUT2D eigenvalue weighted by atomic mass is 79.9. The third-order valence-corrected chi connectivity index (χ3v) is 6.20. The molecule has 162 valence electrons. The molecular formula is C26H19BrN4O2. The Morgan fingerprint density at radius 3 is 2.58 bits per heavy atom. The lowest BCUT2D eigenvalue weighted by Crippen LogP contribution is -2.03. The molecule has 0 amide bonds. The molecule has 3 heterocycles. The monoisotopic (exact) mass is 498 g/mol. The van der Waals surface area contributed by atoms with Crippen LogP contribution in [0.5, 0.6) is 11.5 Å². The number of aromatic nitrogens is 3. The Morgan fingerprint density at radius 1 is 0.909 bits per heavy atom. The largest absolute Gasteiger partial charge is 0.454 e. The van der Waals surface area contributed by atoms with Crippen LogP contribution >= 0.6 is 15.9 Å². The molecule has 0 saturated carbocycles. The first-order chi connectivity index (χ1) is 16.3. The van der Waals surface area contributed by atoms with Crippen molar-refractivity contribution in [3.63, 3.8) is 0 Å². The van der Waals surface area contributed by atoms with E-state index in [1.165, 1.54) is 0 Å². The Balaban J connectivity index is 1.44. The maximum atomic E-state index is 5.52. The highest BCUT2D eigenvalue weighted by Crippen LogP contribution is 2.36. The summed E-state index contributed by atoms with van der Waals surface area (Å²) in [5, 5.41) is 4.49. The number of nitrogens with zero attached hydrogens (tertiary/aromatic N) is 3. The maximum Gasteiger partial charge on any atom is 0.231 e. The van der Waals surface area contributed by atoms with Crippen LogP contribution in [-0.2, 0) is 6.54 Å². The molecule has 1 N–H and O–H groups in total. The van der Waals surface area contributed by atoms with Crippen LogP contribution < -0.4 is 14.8 Å². The molecule has 2 aromatic heterocycles. The SMILES string of the molecule is Brc1ccc(-n2cc(-c3ccccc3)c3c(NCc4ccc5c(c4)OCO5)ncnc32)cc1. The van der Waals surface area contributed by atoms with Crippen LogP contribution in [0.4, 0.5) is 5.82 Å². The average molecular weight is 499 g/mol. The summed E-state index contributed by atoms with van der Waals surface area (Å²) in [5.74, 6) is 2.34. The second-order valence-electron chi connectivity index (χ2n) is 7.72. The third-order valence-electron chi connectivity index (χ3n) is 5.67. The van der Waals surface area contributed by atoms with Crippen molar-refractivity contribution >= 4 is 32.8 Å². The highest BCUT2D eigenvalue weighted by molar-refractivity contribution is 9.10. The van der Waals surface area contributed by atoms with Gasteiger partial charge in [-0.05, 0) is 47.5 Å². The summed E-state index contributed by atoms with van der Waals surface area (Å²) in [5.41, 5.74) is 5.14. The number of ether oxygens (including phenoxy) is 2. The summed E-state index contributed by atoms with van der Waals surface area (Å²) in [6, 6.07) is 24.5. The molecule has 5 aromatic rings. The zero-order chi connectivity index (χ0) is 22.2. The molecule has 0 unspecified atom stereocenters. The molecule has 3 aromatic carbocycles. The Hall–Kier alpha value is -3.84. The van der Waals surface area contributed by atoms with E-state index < -0.39 is 0 Å². The van der Waals surface area contributed by atoms with Crippen molar-refractivity contribution in [3.8, 4) is 28.3 Å². The molecule has 6 rings (SSSR count). The molecule has 7 heteroatoms. The van der Waals surface area contributed by atoms with Gasteiger partial charge in [0.05, 0.1) is 5.39 Å². The average Bonchev–Trinajstić information content (AvgIpc) is 3.49. The number of hydrogen-bond acceptors (Lipinski definition) is 5. The van der Waals surface area contributed by atoms with Crippen LogP contribution in [0.25, 0.3) is 27.8 Å². The topological polar surface area (TPSA) is 61.2 Å². The lowest BCUT2D eigenvalue weighted by Gasteiger charge is -2.10. The second-order valence-corrected chi connectivity index (χ2v) is 8.63. The minimum Gasteiger partial charge on any atom is -0.454 e. The number of fused-ring (bicyclic) bond motifs is 2. The zero-order valence-electron chi connectivity index (χ0n) is 17.5. The molecule has 0 atom stereocenters. The highest BCUT2D eigenvalue weighted by Gasteiger charge is 2.18. The van der Waals surface area contributed by atoms with Crippen LogP contribution in [0.2, 0.25) is 0 Å². The van der Waals surface area contributed by atoms with Gasteiger partial charge >= 0.3 is 0 Å². The molecule has 1 aliphatic rings. The molecule has 0 bridgehead atoms. The molecule has 0 spiro atoms. The number of benzene rings is 3. The Kier molecular flexibility index (Phi) is 4.96. The van der Waals surface area contributed by atoms with Gasteiger partial charge in [-0.2, -0.15) is 0 Å². The van der Waals surface area contributed by atoms with Gasteiger partial charge in [-0.25, -0.2) is 9.97 Å². The summed E-state index contributed by atoms with van der Waals surface area (Å²) < 4.78 is 14.1. The Labute approximate surface area is 199 Å². The molecule has 0 aliphatic carbocycles. The smallest absolute Gasteiger partial charge is 0.231 e. The van der Waals surface area contributed by atoms with Crippen molar-refractivity contribution in [1.29, 1.82) is 0 Å². The molecule has 0 fully saturated rings. The summed E-state index contributed by atoms with van der Waals surface area (Å²) in [6.45, 7) is 0.864. The van der Waals surface area contributed by atoms with Crippen LogP contribution in [0.1, 0.15) is 5.56 Å². The molecule has 6 nitrogen and oxygen atoms in total. The second kappa shape index (κ2) is 8.26. The minimum absolute atomic E-state index is 0.267. The number of hydrogen-bond donors (Lipinski definition) is 1. The van der Waals surface area contributed by atoms with Crippen LogP contribution in [-0.4, -0.2) is 21.3 Å². The van der Waals surface area contributed by atoms with Crippen LogP contribution in [0.15, 0.2) is 89.8 Å². The minimum atomic E-state index is 0.267. The van der Waals surface area contributed by atoms with Gasteiger partial charge in [0.2, 0.25) is 6.79 Å². The third kappa shape index (κ3) is 3.70. The van der Waals surface area contributed by atoms with Gasteiger partial charge in [-0.15, -0.1) is 0 Å². The number of nitrogens with one attached hydrogen (secondary N) is 1. The summed E-state index contributed by atoms with van der Waals surface area (Å²) >= 11 is 3.52. The summed E-state index contributed by atoms with van der Waals surface area (Å²) in [6.07, 6.45) is 3.73. The van der Waals surface area contributed by atoms with Gasteiger partial charge in [0.1, 0.15) is 12.1 Å². The first-order valence-electron chi connectivity index (χ1n) is 10.6. The van der Waals surface area contributed by atoms with Crippen molar-refractivity contribution < 1.29 is 9.47 Å². The molecule has 33 heavy (non-hydrogen) atoms. The van der Waals surface area contributed by atoms with E-state index >= 15 is 0 Å². The fourth-order valence-corrected chi connectivity index (χ4v) is 4.33. The van der Waals surface area contributed by atoms with Crippen molar-refractivity contribution in [2.45, 2.75) is 6.54 Å². The molecular weight excluding hydrogens is 480 g/mol. The Bertz CT molecular complexity index is 1450. The molecule has 1 aliphatic heterocycles. The van der Waals surface area contributed by atoms with Gasteiger partial charge in [0.15, 0.2) is 17.1 Å². The zero-order valence-corrected chi connectivity index (χ0v) is 19.1. The predicted molar refractivity (Wildman–Crippen MR) is 132 cm³/mol. The van der Waals surface area contributed by atoms with E-state index in [-0.39, 0.29) is 6.79 Å². The fraction of sp³-hybridized carbons (Fsp3) is 0.0769. The van der Waals surface area contributed by atoms with E-state index in [1.54, 1.807) is 6.33 Å². The van der Waals surface area contributed by atoms with Crippen molar-refractivity contribution in [2.75, 3.05) is 12.1 Å². The first-order valence-corrected chi connectivity index (χ1v) is 11.4. The normalized spacial score (nSPS) is 12.3. The van der Waals surface area contributed by atoms with E-state index in [0.717, 1.165) is 55.2 Å². The van der Waals surface area contributed by atoms with Gasteiger partial charge in [0.25, 0.3) is 0 Å². The lowest BCUT2D eigenvalue weighted by molar-refractivity contribution is 0.174. The number of halogens is 1. The molecule has 0 saturated heterocycles. The van der Waals surface area contributed by atoms with Gasteiger partial charge in [-0.3, -0.25) is 0 Å². The van der Waals surface area contributed by atoms with E-state index in [1.807, 2.05) is 48.5 Å². The van der Waals surface area contributed by atoms with E-state index in [4.69, 9.17) is 9.47 Å². The standard InChI is InChI=1S/C26H19BrN4O2/c27-19-7-9-20(10-8-19)31-14-21(18-4-2-1-3-5-18)24-25(29-15-30-26(24)31)28-13-17-6-11-22-23(12-17)33-16-32-22/h1-12,14-15H,13,16H2,(H,28,29,30). The van der Waals surface area contributed by atoms with E-state index in [0.29, 0.717) is 6.54 Å². The predicted octanol–water partition coefficient (Wildman–Crippen LogP) is 6.19. The molecule has 0 radical (unpaired) electrons. The lowest BCUT2D eigenvalue weighted by atomic mass is 10.1. The fourth-order valence-electron chi connectivity index (χ4n) is 4.07.